The molecule has 0 N–H and O–H groups in total. The van der Waals surface area contributed by atoms with Gasteiger partial charge in [-0.1, -0.05) is 59.8 Å². The first kappa shape index (κ1) is 19.0. The fraction of sp³-hybridized carbons (Fsp3) is 0.333. The van der Waals surface area contributed by atoms with Crippen molar-refractivity contribution in [3.05, 3.63) is 65.9 Å². The van der Waals surface area contributed by atoms with E-state index >= 15 is 0 Å². The molecule has 0 radical (unpaired) electrons. The van der Waals surface area contributed by atoms with Gasteiger partial charge in [0.2, 0.25) is 5.91 Å². The number of benzene rings is 2. The number of hydroxylamine groups is 2. The molecule has 0 aliphatic carbocycles. The molecule has 0 unspecified atom stereocenters. The molecule has 1 fully saturated rings. The van der Waals surface area contributed by atoms with E-state index in [1.165, 1.54) is 5.56 Å². The highest BCUT2D eigenvalue weighted by Crippen LogP contribution is 2.31. The van der Waals surface area contributed by atoms with Gasteiger partial charge in [0.05, 0.1) is 13.2 Å². The summed E-state index contributed by atoms with van der Waals surface area (Å²) in [6, 6.07) is 18.7. The van der Waals surface area contributed by atoms with Crippen LogP contribution in [0.3, 0.4) is 0 Å². The molecule has 1 saturated heterocycles. The van der Waals surface area contributed by atoms with E-state index in [1.807, 2.05) is 28.2 Å². The molecule has 2 aliphatic rings. The molecule has 30 heavy (non-hydrogen) atoms. The quantitative estimate of drug-likeness (QED) is 0.646. The molecule has 6 heteroatoms. The van der Waals surface area contributed by atoms with E-state index in [-0.39, 0.29) is 5.91 Å². The summed E-state index contributed by atoms with van der Waals surface area (Å²) >= 11 is 0. The SMILES string of the molecule is O=C(CCN1CCCO1)N1CCc2onc(-c3ccc(-c4ccccc4)cc3)c2C1. The van der Waals surface area contributed by atoms with Crippen LogP contribution in [0.15, 0.2) is 59.1 Å². The Morgan fingerprint density at radius 3 is 2.50 bits per heavy atom. The van der Waals surface area contributed by atoms with Gasteiger partial charge >= 0.3 is 0 Å². The molecule has 5 rings (SSSR count). The minimum absolute atomic E-state index is 0.155. The molecule has 1 amide bonds. The van der Waals surface area contributed by atoms with Gasteiger partial charge in [-0.2, -0.15) is 5.06 Å². The van der Waals surface area contributed by atoms with Crippen molar-refractivity contribution < 1.29 is 14.2 Å². The molecule has 3 heterocycles. The number of nitrogens with zero attached hydrogens (tertiary/aromatic N) is 3. The van der Waals surface area contributed by atoms with Gasteiger partial charge in [-0.25, -0.2) is 0 Å². The number of hydrogen-bond acceptors (Lipinski definition) is 5. The number of fused-ring (bicyclic) bond motifs is 1. The van der Waals surface area contributed by atoms with Crippen LogP contribution in [0.1, 0.15) is 24.2 Å². The van der Waals surface area contributed by atoms with Crippen molar-refractivity contribution in [3.63, 3.8) is 0 Å². The topological polar surface area (TPSA) is 58.8 Å². The van der Waals surface area contributed by atoms with E-state index in [9.17, 15) is 4.79 Å². The first-order valence-electron chi connectivity index (χ1n) is 10.6. The fourth-order valence-electron chi connectivity index (χ4n) is 4.15. The second-order valence-corrected chi connectivity index (χ2v) is 7.81. The van der Waals surface area contributed by atoms with Crippen LogP contribution in [0, 0.1) is 0 Å². The van der Waals surface area contributed by atoms with Crippen LogP contribution in [0.5, 0.6) is 0 Å². The Morgan fingerprint density at radius 2 is 1.73 bits per heavy atom. The van der Waals surface area contributed by atoms with Crippen LogP contribution in [-0.2, 0) is 22.6 Å². The van der Waals surface area contributed by atoms with Crippen LogP contribution in [-0.4, -0.2) is 47.3 Å². The van der Waals surface area contributed by atoms with Gasteiger partial charge < -0.3 is 9.42 Å². The number of aromatic nitrogens is 1. The molecular weight excluding hydrogens is 378 g/mol. The van der Waals surface area contributed by atoms with Gasteiger partial charge in [0.1, 0.15) is 11.5 Å². The Morgan fingerprint density at radius 1 is 0.967 bits per heavy atom. The third-order valence-corrected chi connectivity index (χ3v) is 5.85. The lowest BCUT2D eigenvalue weighted by atomic mass is 9.98. The van der Waals surface area contributed by atoms with Crippen molar-refractivity contribution in [1.29, 1.82) is 0 Å². The monoisotopic (exact) mass is 403 g/mol. The highest BCUT2D eigenvalue weighted by molar-refractivity contribution is 5.77. The molecule has 6 nitrogen and oxygen atoms in total. The van der Waals surface area contributed by atoms with E-state index in [0.29, 0.717) is 32.5 Å². The summed E-state index contributed by atoms with van der Waals surface area (Å²) in [5.41, 5.74) is 5.23. The average molecular weight is 403 g/mol. The fourth-order valence-corrected chi connectivity index (χ4v) is 4.15. The van der Waals surface area contributed by atoms with Crippen LogP contribution in [0.2, 0.25) is 0 Å². The Bertz CT molecular complexity index is 1010. The first-order chi connectivity index (χ1) is 14.8. The second kappa shape index (κ2) is 8.42. The number of hydrogen-bond donors (Lipinski definition) is 0. The van der Waals surface area contributed by atoms with E-state index in [4.69, 9.17) is 9.36 Å². The third kappa shape index (κ3) is 3.88. The maximum Gasteiger partial charge on any atom is 0.224 e. The largest absolute Gasteiger partial charge is 0.360 e. The molecule has 0 spiro atoms. The second-order valence-electron chi connectivity index (χ2n) is 7.81. The Labute approximate surface area is 176 Å². The lowest BCUT2D eigenvalue weighted by Gasteiger charge is -2.27. The molecule has 0 saturated carbocycles. The van der Waals surface area contributed by atoms with Crippen molar-refractivity contribution in [1.82, 2.24) is 15.1 Å². The molecule has 2 aliphatic heterocycles. The molecule has 1 aromatic heterocycles. The van der Waals surface area contributed by atoms with Gasteiger partial charge in [0, 0.05) is 43.6 Å². The summed E-state index contributed by atoms with van der Waals surface area (Å²) in [5, 5.41) is 6.23. The summed E-state index contributed by atoms with van der Waals surface area (Å²) < 4.78 is 5.61. The van der Waals surface area contributed by atoms with Crippen LogP contribution >= 0.6 is 0 Å². The zero-order valence-corrected chi connectivity index (χ0v) is 16.9. The van der Waals surface area contributed by atoms with E-state index in [1.54, 1.807) is 0 Å². The van der Waals surface area contributed by atoms with Gasteiger partial charge in [-0.05, 0) is 17.5 Å². The van der Waals surface area contributed by atoms with Crippen molar-refractivity contribution in [2.45, 2.75) is 25.8 Å². The lowest BCUT2D eigenvalue weighted by Crippen LogP contribution is -2.37. The maximum atomic E-state index is 12.7. The molecule has 3 aromatic rings. The zero-order chi connectivity index (χ0) is 20.3. The predicted molar refractivity (Wildman–Crippen MR) is 113 cm³/mol. The van der Waals surface area contributed by atoms with Crippen molar-refractivity contribution in [2.75, 3.05) is 26.2 Å². The Hall–Kier alpha value is -2.96. The molecule has 154 valence electrons. The summed E-state index contributed by atoms with van der Waals surface area (Å²) in [6.45, 7) is 3.54. The molecular formula is C24H25N3O3. The van der Waals surface area contributed by atoms with Crippen LogP contribution < -0.4 is 0 Å². The highest BCUT2D eigenvalue weighted by Gasteiger charge is 2.28. The smallest absolute Gasteiger partial charge is 0.224 e. The maximum absolute atomic E-state index is 12.7. The minimum Gasteiger partial charge on any atom is -0.360 e. The van der Waals surface area contributed by atoms with Crippen molar-refractivity contribution >= 4 is 5.91 Å². The molecule has 0 bridgehead atoms. The van der Waals surface area contributed by atoms with E-state index < -0.39 is 0 Å². The van der Waals surface area contributed by atoms with Gasteiger partial charge in [-0.3, -0.25) is 9.63 Å². The number of carbonyl (C=O) groups is 1. The zero-order valence-electron chi connectivity index (χ0n) is 16.9. The van der Waals surface area contributed by atoms with Gasteiger partial charge in [0.15, 0.2) is 0 Å². The number of carbonyl (C=O) groups excluding carboxylic acids is 1. The lowest BCUT2D eigenvalue weighted by molar-refractivity contribution is -0.139. The van der Waals surface area contributed by atoms with Gasteiger partial charge in [0.25, 0.3) is 0 Å². The Kier molecular flexibility index (Phi) is 5.34. The standard InChI is InChI=1S/C24H25N3O3/c28-23(12-15-27-13-4-16-29-27)26-14-11-22-21(17-26)24(25-30-22)20-9-7-19(8-10-20)18-5-2-1-3-6-18/h1-3,5-10H,4,11-17H2. The highest BCUT2D eigenvalue weighted by atomic mass is 16.7. The third-order valence-electron chi connectivity index (χ3n) is 5.85. The molecule has 0 atom stereocenters. The number of rotatable bonds is 5. The van der Waals surface area contributed by atoms with Crippen LogP contribution in [0.4, 0.5) is 0 Å². The first-order valence-corrected chi connectivity index (χ1v) is 10.6. The summed E-state index contributed by atoms with van der Waals surface area (Å²) in [6.07, 6.45) is 2.21. The van der Waals surface area contributed by atoms with E-state index in [2.05, 4.69) is 41.6 Å². The van der Waals surface area contributed by atoms with Crippen LogP contribution in [0.25, 0.3) is 22.4 Å². The molecule has 2 aromatic carbocycles. The van der Waals surface area contributed by atoms with E-state index in [0.717, 1.165) is 47.7 Å². The minimum atomic E-state index is 0.155. The van der Waals surface area contributed by atoms with Crippen molar-refractivity contribution in [2.24, 2.45) is 0 Å². The summed E-state index contributed by atoms with van der Waals surface area (Å²) in [5.74, 6) is 1.05. The predicted octanol–water partition coefficient (Wildman–Crippen LogP) is 3.92. The normalized spacial score (nSPS) is 16.6. The van der Waals surface area contributed by atoms with Gasteiger partial charge in [-0.15, -0.1) is 0 Å². The summed E-state index contributed by atoms with van der Waals surface area (Å²) in [7, 11) is 0. The summed E-state index contributed by atoms with van der Waals surface area (Å²) in [4.78, 5) is 20.1. The van der Waals surface area contributed by atoms with Crippen molar-refractivity contribution in [3.8, 4) is 22.4 Å². The number of amides is 1. The average Bonchev–Trinajstić information content (AvgIpc) is 3.48. The Balaban J connectivity index is 1.30.